The van der Waals surface area contributed by atoms with Crippen molar-refractivity contribution in [3.63, 3.8) is 0 Å². The predicted molar refractivity (Wildman–Crippen MR) is 67.5 cm³/mol. The number of ketones is 1. The van der Waals surface area contributed by atoms with Crippen molar-refractivity contribution in [3.8, 4) is 0 Å². The summed E-state index contributed by atoms with van der Waals surface area (Å²) in [4.78, 5) is 12.1. The number of hydrogen-bond donors (Lipinski definition) is 0. The van der Waals surface area contributed by atoms with Crippen LogP contribution in [0.15, 0.2) is 47.1 Å². The Labute approximate surface area is 104 Å². The number of aromatic nitrogens is 2. The molecule has 2 aromatic heterocycles. The second-order valence-corrected chi connectivity index (χ2v) is 4.27. The van der Waals surface area contributed by atoms with Crippen molar-refractivity contribution >= 4 is 16.8 Å². The number of para-hydroxylation sites is 1. The van der Waals surface area contributed by atoms with Crippen LogP contribution >= 0.6 is 0 Å². The highest BCUT2D eigenvalue weighted by molar-refractivity contribution is 5.98. The van der Waals surface area contributed by atoms with Crippen LogP contribution in [-0.2, 0) is 13.5 Å². The van der Waals surface area contributed by atoms with Gasteiger partial charge in [0.15, 0.2) is 5.76 Å². The van der Waals surface area contributed by atoms with Gasteiger partial charge in [0.05, 0.1) is 6.20 Å². The molecule has 0 saturated heterocycles. The Morgan fingerprint density at radius 2 is 2.22 bits per heavy atom. The largest absolute Gasteiger partial charge is 0.453 e. The molecule has 3 aromatic rings. The first-order valence-corrected chi connectivity index (χ1v) is 5.72. The molecule has 0 atom stereocenters. The zero-order valence-corrected chi connectivity index (χ0v) is 9.96. The molecule has 0 saturated carbocycles. The average Bonchev–Trinajstić information content (AvgIpc) is 2.95. The van der Waals surface area contributed by atoms with E-state index < -0.39 is 0 Å². The molecule has 0 unspecified atom stereocenters. The second-order valence-electron chi connectivity index (χ2n) is 4.27. The van der Waals surface area contributed by atoms with Crippen LogP contribution < -0.4 is 0 Å². The smallest absolute Gasteiger partial charge is 0.202 e. The number of aryl methyl sites for hydroxylation is 1. The van der Waals surface area contributed by atoms with Crippen molar-refractivity contribution in [1.82, 2.24) is 9.78 Å². The fraction of sp³-hybridized carbons (Fsp3) is 0.143. The zero-order chi connectivity index (χ0) is 12.5. The lowest BCUT2D eigenvalue weighted by atomic mass is 10.1. The number of carbonyl (C=O) groups excluding carboxylic acids is 1. The molecule has 0 spiro atoms. The first kappa shape index (κ1) is 10.8. The van der Waals surface area contributed by atoms with E-state index in [1.165, 1.54) is 0 Å². The molecular weight excluding hydrogens is 228 g/mol. The summed E-state index contributed by atoms with van der Waals surface area (Å²) in [6.45, 7) is 0. The number of carbonyl (C=O) groups is 1. The summed E-state index contributed by atoms with van der Waals surface area (Å²) in [5.74, 6) is 0.374. The summed E-state index contributed by atoms with van der Waals surface area (Å²) in [5.41, 5.74) is 1.63. The van der Waals surface area contributed by atoms with Gasteiger partial charge in [-0.25, -0.2) is 0 Å². The standard InChI is InChI=1S/C14H12N2O2/c1-16-9-10(8-15-16)6-12(17)14-7-11-4-2-3-5-13(11)18-14/h2-5,7-9H,6H2,1H3. The maximum atomic E-state index is 12.1. The quantitative estimate of drug-likeness (QED) is 0.661. The minimum Gasteiger partial charge on any atom is -0.453 e. The topological polar surface area (TPSA) is 48.0 Å². The lowest BCUT2D eigenvalue weighted by Gasteiger charge is -1.93. The van der Waals surface area contributed by atoms with Crippen molar-refractivity contribution in [3.05, 3.63) is 54.0 Å². The number of hydrogen-bond acceptors (Lipinski definition) is 3. The zero-order valence-electron chi connectivity index (χ0n) is 9.96. The normalized spacial score (nSPS) is 10.9. The summed E-state index contributed by atoms with van der Waals surface area (Å²) in [7, 11) is 1.83. The van der Waals surface area contributed by atoms with Gasteiger partial charge in [0.1, 0.15) is 5.58 Å². The maximum absolute atomic E-state index is 12.1. The fourth-order valence-electron chi connectivity index (χ4n) is 1.95. The Kier molecular flexibility index (Phi) is 2.48. The molecule has 0 aliphatic heterocycles. The molecule has 0 amide bonds. The van der Waals surface area contributed by atoms with Crippen molar-refractivity contribution in [2.75, 3.05) is 0 Å². The number of Topliss-reactive ketones (excluding diaryl/α,β-unsaturated/α-hetero) is 1. The van der Waals surface area contributed by atoms with Crippen LogP contribution in [0, 0.1) is 0 Å². The van der Waals surface area contributed by atoms with Crippen LogP contribution in [0.5, 0.6) is 0 Å². The van der Waals surface area contributed by atoms with E-state index in [9.17, 15) is 4.79 Å². The highest BCUT2D eigenvalue weighted by atomic mass is 16.3. The van der Waals surface area contributed by atoms with E-state index in [2.05, 4.69) is 5.10 Å². The molecule has 0 aliphatic carbocycles. The molecule has 0 fully saturated rings. The number of furan rings is 1. The molecule has 1 aromatic carbocycles. The second kappa shape index (κ2) is 4.14. The van der Waals surface area contributed by atoms with Gasteiger partial charge in [0.25, 0.3) is 0 Å². The minimum atomic E-state index is -0.0285. The molecule has 0 radical (unpaired) electrons. The van der Waals surface area contributed by atoms with E-state index in [4.69, 9.17) is 4.42 Å². The number of rotatable bonds is 3. The molecule has 2 heterocycles. The molecule has 18 heavy (non-hydrogen) atoms. The molecule has 0 aliphatic rings. The maximum Gasteiger partial charge on any atom is 0.202 e. The van der Waals surface area contributed by atoms with Crippen molar-refractivity contribution in [2.24, 2.45) is 7.05 Å². The SMILES string of the molecule is Cn1cc(CC(=O)c2cc3ccccc3o2)cn1. The summed E-state index contributed by atoms with van der Waals surface area (Å²) >= 11 is 0. The Bertz CT molecular complexity index is 676. The highest BCUT2D eigenvalue weighted by Crippen LogP contribution is 2.20. The van der Waals surface area contributed by atoms with E-state index in [1.807, 2.05) is 37.5 Å². The van der Waals surface area contributed by atoms with Crippen molar-refractivity contribution < 1.29 is 9.21 Å². The van der Waals surface area contributed by atoms with Crippen LogP contribution in [0.4, 0.5) is 0 Å². The number of benzene rings is 1. The van der Waals surface area contributed by atoms with Gasteiger partial charge in [-0.1, -0.05) is 18.2 Å². The van der Waals surface area contributed by atoms with Gasteiger partial charge in [-0.3, -0.25) is 9.48 Å². The third-order valence-electron chi connectivity index (χ3n) is 2.82. The third kappa shape index (κ3) is 1.93. The van der Waals surface area contributed by atoms with Gasteiger partial charge in [-0.05, 0) is 17.7 Å². The summed E-state index contributed by atoms with van der Waals surface area (Å²) in [6, 6.07) is 9.39. The average molecular weight is 240 g/mol. The lowest BCUT2D eigenvalue weighted by molar-refractivity contribution is 0.0968. The highest BCUT2D eigenvalue weighted by Gasteiger charge is 2.13. The van der Waals surface area contributed by atoms with Gasteiger partial charge in [0, 0.05) is 25.1 Å². The molecule has 4 heteroatoms. The fourth-order valence-corrected chi connectivity index (χ4v) is 1.95. The predicted octanol–water partition coefficient (Wildman–Crippen LogP) is 2.59. The summed E-state index contributed by atoms with van der Waals surface area (Å²) in [6.07, 6.45) is 3.84. The molecule has 4 nitrogen and oxygen atoms in total. The summed E-state index contributed by atoms with van der Waals surface area (Å²) in [5, 5.41) is 4.99. The van der Waals surface area contributed by atoms with E-state index in [1.54, 1.807) is 16.9 Å². The molecule has 90 valence electrons. The Morgan fingerprint density at radius 1 is 1.39 bits per heavy atom. The number of nitrogens with zero attached hydrogens (tertiary/aromatic N) is 2. The van der Waals surface area contributed by atoms with E-state index in [0.717, 1.165) is 16.5 Å². The Hall–Kier alpha value is -2.36. The van der Waals surface area contributed by atoms with Gasteiger partial charge in [0.2, 0.25) is 5.78 Å². The van der Waals surface area contributed by atoms with Crippen LogP contribution in [0.3, 0.4) is 0 Å². The Morgan fingerprint density at radius 3 is 2.94 bits per heavy atom. The monoisotopic (exact) mass is 240 g/mol. The van der Waals surface area contributed by atoms with Gasteiger partial charge >= 0.3 is 0 Å². The van der Waals surface area contributed by atoms with Gasteiger partial charge in [-0.15, -0.1) is 0 Å². The molecule has 0 bridgehead atoms. The molecule has 0 N–H and O–H groups in total. The van der Waals surface area contributed by atoms with Crippen LogP contribution in [0.1, 0.15) is 16.1 Å². The number of fused-ring (bicyclic) bond motifs is 1. The van der Waals surface area contributed by atoms with Crippen LogP contribution in [0.2, 0.25) is 0 Å². The summed E-state index contributed by atoms with van der Waals surface area (Å²) < 4.78 is 7.21. The minimum absolute atomic E-state index is 0.0285. The van der Waals surface area contributed by atoms with Crippen molar-refractivity contribution in [1.29, 1.82) is 0 Å². The van der Waals surface area contributed by atoms with Crippen LogP contribution in [-0.4, -0.2) is 15.6 Å². The third-order valence-corrected chi connectivity index (χ3v) is 2.82. The van der Waals surface area contributed by atoms with Gasteiger partial charge < -0.3 is 4.42 Å². The first-order valence-electron chi connectivity index (χ1n) is 5.72. The van der Waals surface area contributed by atoms with E-state index in [-0.39, 0.29) is 5.78 Å². The molecular formula is C14H12N2O2. The Balaban J connectivity index is 1.87. The van der Waals surface area contributed by atoms with Crippen molar-refractivity contribution in [2.45, 2.75) is 6.42 Å². The molecule has 3 rings (SSSR count). The van der Waals surface area contributed by atoms with Crippen LogP contribution in [0.25, 0.3) is 11.0 Å². The van der Waals surface area contributed by atoms with E-state index >= 15 is 0 Å². The first-order chi connectivity index (χ1) is 8.72. The van der Waals surface area contributed by atoms with Gasteiger partial charge in [-0.2, -0.15) is 5.10 Å². The van der Waals surface area contributed by atoms with E-state index in [0.29, 0.717) is 12.2 Å². The lowest BCUT2D eigenvalue weighted by Crippen LogP contribution is -2.01.